The molecule has 2 N–H and O–H groups in total. The number of halogens is 1. The average molecular weight is 308 g/mol. The van der Waals surface area contributed by atoms with Gasteiger partial charge in [0.15, 0.2) is 5.82 Å². The number of nitrogens with one attached hydrogen (secondary N) is 2. The number of benzene rings is 1. The van der Waals surface area contributed by atoms with Crippen LogP contribution >= 0.6 is 0 Å². The van der Waals surface area contributed by atoms with E-state index in [-0.39, 0.29) is 17.6 Å². The van der Waals surface area contributed by atoms with Crippen LogP contribution in [0.1, 0.15) is 23.5 Å². The summed E-state index contributed by atoms with van der Waals surface area (Å²) in [4.78, 5) is 16.1. The van der Waals surface area contributed by atoms with Crippen molar-refractivity contribution in [3.8, 4) is 11.3 Å². The number of carbonyl (C=O) groups is 1. The maximum Gasteiger partial charge on any atom is 0.226 e. The Balaban J connectivity index is 1.86. The van der Waals surface area contributed by atoms with Gasteiger partial charge in [-0.25, -0.2) is 4.39 Å². The molecule has 0 saturated heterocycles. The normalized spacial score (nSPS) is 16.7. The summed E-state index contributed by atoms with van der Waals surface area (Å²) in [7, 11) is 0. The highest BCUT2D eigenvalue weighted by Gasteiger charge is 2.32. The molecule has 1 aliphatic heterocycles. The summed E-state index contributed by atoms with van der Waals surface area (Å²) in [5.74, 6) is 0.0171. The molecule has 1 aromatic carbocycles. The Morgan fingerprint density at radius 2 is 2.00 bits per heavy atom. The fourth-order valence-electron chi connectivity index (χ4n) is 2.96. The number of pyridine rings is 1. The summed E-state index contributed by atoms with van der Waals surface area (Å²) in [6.45, 7) is 0. The van der Waals surface area contributed by atoms with Crippen LogP contribution in [0.5, 0.6) is 0 Å². The van der Waals surface area contributed by atoms with Crippen LogP contribution in [0.3, 0.4) is 0 Å². The summed E-state index contributed by atoms with van der Waals surface area (Å²) in [6.07, 6.45) is 3.78. The van der Waals surface area contributed by atoms with Gasteiger partial charge in [-0.15, -0.1) is 0 Å². The molecule has 6 heteroatoms. The molecule has 3 heterocycles. The maximum absolute atomic E-state index is 13.2. The van der Waals surface area contributed by atoms with Gasteiger partial charge in [-0.3, -0.25) is 14.9 Å². The molecule has 0 radical (unpaired) electrons. The first-order chi connectivity index (χ1) is 11.2. The zero-order valence-electron chi connectivity index (χ0n) is 12.1. The number of nitrogens with zero attached hydrogens (tertiary/aromatic N) is 2. The van der Waals surface area contributed by atoms with Gasteiger partial charge in [0, 0.05) is 35.9 Å². The van der Waals surface area contributed by atoms with E-state index in [1.54, 1.807) is 24.5 Å². The molecule has 0 aliphatic carbocycles. The fourth-order valence-corrected chi connectivity index (χ4v) is 2.96. The monoisotopic (exact) mass is 308 g/mol. The first-order valence-electron chi connectivity index (χ1n) is 7.26. The van der Waals surface area contributed by atoms with Crippen LogP contribution in [0.4, 0.5) is 10.2 Å². The largest absolute Gasteiger partial charge is 0.309 e. The quantitative estimate of drug-likeness (QED) is 0.764. The second-order valence-corrected chi connectivity index (χ2v) is 5.46. The Kier molecular flexibility index (Phi) is 3.15. The van der Waals surface area contributed by atoms with Gasteiger partial charge in [-0.2, -0.15) is 5.10 Å². The third-order valence-corrected chi connectivity index (χ3v) is 4.02. The molecule has 0 bridgehead atoms. The van der Waals surface area contributed by atoms with Crippen molar-refractivity contribution < 1.29 is 9.18 Å². The van der Waals surface area contributed by atoms with E-state index < -0.39 is 0 Å². The second-order valence-electron chi connectivity index (χ2n) is 5.46. The smallest absolute Gasteiger partial charge is 0.226 e. The van der Waals surface area contributed by atoms with Crippen molar-refractivity contribution in [3.05, 3.63) is 65.7 Å². The zero-order chi connectivity index (χ0) is 15.8. The van der Waals surface area contributed by atoms with E-state index in [2.05, 4.69) is 20.5 Å². The number of amides is 1. The van der Waals surface area contributed by atoms with Crippen molar-refractivity contribution in [1.82, 2.24) is 15.2 Å². The Labute approximate surface area is 131 Å². The lowest BCUT2D eigenvalue weighted by molar-refractivity contribution is -0.116. The van der Waals surface area contributed by atoms with Gasteiger partial charge in [0.05, 0.1) is 5.69 Å². The summed E-state index contributed by atoms with van der Waals surface area (Å²) in [6, 6.07) is 9.99. The Hall–Kier alpha value is -3.02. The Morgan fingerprint density at radius 3 is 2.74 bits per heavy atom. The number of H-pyrrole nitrogens is 1. The van der Waals surface area contributed by atoms with Crippen molar-refractivity contribution in [2.24, 2.45) is 0 Å². The zero-order valence-corrected chi connectivity index (χ0v) is 12.1. The van der Waals surface area contributed by atoms with Crippen LogP contribution in [0.15, 0.2) is 48.8 Å². The fraction of sp³-hybridized carbons (Fsp3) is 0.118. The standard InChI is InChI=1S/C17H13FN4O/c18-12-5-3-10(4-6-12)16-15-13(11-2-1-7-19-9-11)8-14(23)20-17(15)22-21-16/h1-7,9,13H,8H2,(H2,20,21,22,23). The van der Waals surface area contributed by atoms with Gasteiger partial charge in [0.1, 0.15) is 5.82 Å². The van der Waals surface area contributed by atoms with Crippen LogP contribution in [-0.4, -0.2) is 21.1 Å². The van der Waals surface area contributed by atoms with Crippen LogP contribution in [0.2, 0.25) is 0 Å². The van der Waals surface area contributed by atoms with E-state index in [0.29, 0.717) is 12.2 Å². The molecule has 4 rings (SSSR count). The summed E-state index contributed by atoms with van der Waals surface area (Å²) in [5, 5.41) is 9.96. The van der Waals surface area contributed by atoms with Gasteiger partial charge >= 0.3 is 0 Å². The minimum atomic E-state index is -0.292. The maximum atomic E-state index is 13.2. The number of rotatable bonds is 2. The van der Waals surface area contributed by atoms with E-state index in [1.807, 2.05) is 12.1 Å². The van der Waals surface area contributed by atoms with Crippen LogP contribution in [0.25, 0.3) is 11.3 Å². The topological polar surface area (TPSA) is 70.7 Å². The lowest BCUT2D eigenvalue weighted by atomic mass is 9.85. The molecule has 1 amide bonds. The minimum Gasteiger partial charge on any atom is -0.309 e. The molecule has 2 aromatic heterocycles. The molecule has 1 unspecified atom stereocenters. The molecule has 0 fully saturated rings. The van der Waals surface area contributed by atoms with Crippen molar-refractivity contribution in [2.45, 2.75) is 12.3 Å². The first-order valence-corrected chi connectivity index (χ1v) is 7.26. The molecule has 3 aromatic rings. The minimum absolute atomic E-state index is 0.0801. The van der Waals surface area contributed by atoms with E-state index in [9.17, 15) is 9.18 Å². The van der Waals surface area contributed by atoms with Gasteiger partial charge in [-0.1, -0.05) is 6.07 Å². The van der Waals surface area contributed by atoms with E-state index in [4.69, 9.17) is 0 Å². The molecule has 114 valence electrons. The predicted molar refractivity (Wildman–Crippen MR) is 83.3 cm³/mol. The third kappa shape index (κ3) is 2.38. The van der Waals surface area contributed by atoms with Gasteiger partial charge in [0.25, 0.3) is 0 Å². The third-order valence-electron chi connectivity index (χ3n) is 4.02. The van der Waals surface area contributed by atoms with Gasteiger partial charge < -0.3 is 5.32 Å². The Morgan fingerprint density at radius 1 is 1.17 bits per heavy atom. The van der Waals surface area contributed by atoms with E-state index in [0.717, 1.165) is 22.4 Å². The number of hydrogen-bond acceptors (Lipinski definition) is 3. The highest BCUT2D eigenvalue weighted by atomic mass is 19.1. The second kappa shape index (κ2) is 5.31. The SMILES string of the molecule is O=C1CC(c2cccnc2)c2c(n[nH]c2-c2ccc(F)cc2)N1. The van der Waals surface area contributed by atoms with Crippen LogP contribution < -0.4 is 5.32 Å². The molecular formula is C17H13FN4O. The first kappa shape index (κ1) is 13.6. The van der Waals surface area contributed by atoms with Gasteiger partial charge in [-0.05, 0) is 35.9 Å². The number of aromatic amines is 1. The number of aromatic nitrogens is 3. The number of carbonyl (C=O) groups excluding carboxylic acids is 1. The van der Waals surface area contributed by atoms with E-state index in [1.165, 1.54) is 12.1 Å². The Bertz CT molecular complexity index is 858. The number of anilines is 1. The highest BCUT2D eigenvalue weighted by molar-refractivity contribution is 5.96. The molecule has 0 saturated carbocycles. The molecular weight excluding hydrogens is 295 g/mol. The molecule has 5 nitrogen and oxygen atoms in total. The highest BCUT2D eigenvalue weighted by Crippen LogP contribution is 2.41. The van der Waals surface area contributed by atoms with Crippen molar-refractivity contribution in [2.75, 3.05) is 5.32 Å². The summed E-state index contributed by atoms with van der Waals surface area (Å²) in [5.41, 5.74) is 3.47. The summed E-state index contributed by atoms with van der Waals surface area (Å²) >= 11 is 0. The van der Waals surface area contributed by atoms with Crippen molar-refractivity contribution >= 4 is 11.7 Å². The molecule has 1 atom stereocenters. The molecule has 1 aliphatic rings. The van der Waals surface area contributed by atoms with Gasteiger partial charge in [0.2, 0.25) is 5.91 Å². The lowest BCUT2D eigenvalue weighted by Gasteiger charge is -2.23. The number of hydrogen-bond donors (Lipinski definition) is 2. The summed E-state index contributed by atoms with van der Waals surface area (Å²) < 4.78 is 13.2. The van der Waals surface area contributed by atoms with Crippen molar-refractivity contribution in [3.63, 3.8) is 0 Å². The average Bonchev–Trinajstić information content (AvgIpc) is 2.99. The predicted octanol–water partition coefficient (Wildman–Crippen LogP) is 3.08. The molecule has 0 spiro atoms. The van der Waals surface area contributed by atoms with Crippen molar-refractivity contribution in [1.29, 1.82) is 0 Å². The molecule has 23 heavy (non-hydrogen) atoms. The van der Waals surface area contributed by atoms with Crippen LogP contribution in [0, 0.1) is 5.82 Å². The van der Waals surface area contributed by atoms with Crippen LogP contribution in [-0.2, 0) is 4.79 Å². The van der Waals surface area contributed by atoms with E-state index >= 15 is 0 Å². The lowest BCUT2D eigenvalue weighted by Crippen LogP contribution is -2.23. The number of fused-ring (bicyclic) bond motifs is 1.